The summed E-state index contributed by atoms with van der Waals surface area (Å²) in [7, 11) is 0. The molecule has 1 aromatic rings. The zero-order chi connectivity index (χ0) is 12.6. The molecule has 1 heteroatoms. The van der Waals surface area contributed by atoms with Gasteiger partial charge in [0.05, 0.1) is 0 Å². The molecule has 0 spiro atoms. The van der Waals surface area contributed by atoms with Crippen LogP contribution in [0.3, 0.4) is 0 Å². The highest BCUT2D eigenvalue weighted by atomic mass is 14.9. The lowest BCUT2D eigenvalue weighted by molar-refractivity contribution is 0.554. The fraction of sp³-hybridized carbons (Fsp3) is 0.625. The molecule has 1 fully saturated rings. The fourth-order valence-electron chi connectivity index (χ4n) is 2.99. The van der Waals surface area contributed by atoms with E-state index in [9.17, 15) is 0 Å². The van der Waals surface area contributed by atoms with Crippen LogP contribution in [0.2, 0.25) is 0 Å². The molecule has 0 radical (unpaired) electrons. The number of aryl methyl sites for hydroxylation is 3. The number of rotatable bonds is 4. The summed E-state index contributed by atoms with van der Waals surface area (Å²) >= 11 is 0. The average molecular weight is 231 g/mol. The van der Waals surface area contributed by atoms with Crippen molar-refractivity contribution in [3.05, 3.63) is 34.4 Å². The van der Waals surface area contributed by atoms with Crippen LogP contribution in [0.1, 0.15) is 48.4 Å². The van der Waals surface area contributed by atoms with Gasteiger partial charge in [-0.3, -0.25) is 0 Å². The van der Waals surface area contributed by atoms with E-state index in [4.69, 9.17) is 0 Å². The second kappa shape index (κ2) is 4.81. The van der Waals surface area contributed by atoms with Gasteiger partial charge in [0.1, 0.15) is 0 Å². The van der Waals surface area contributed by atoms with Gasteiger partial charge in [-0.05, 0) is 62.3 Å². The maximum absolute atomic E-state index is 3.56. The van der Waals surface area contributed by atoms with Gasteiger partial charge in [0, 0.05) is 6.04 Å². The number of nitrogens with one attached hydrogen (secondary N) is 1. The lowest BCUT2D eigenvalue weighted by Crippen LogP contribution is -2.25. The zero-order valence-electron chi connectivity index (χ0n) is 11.8. The summed E-state index contributed by atoms with van der Waals surface area (Å²) in [6.07, 6.45) is 1.37. The third kappa shape index (κ3) is 2.90. The Kier molecular flexibility index (Phi) is 3.58. The monoisotopic (exact) mass is 231 g/mol. The van der Waals surface area contributed by atoms with Gasteiger partial charge in [0.2, 0.25) is 0 Å². The third-order valence-corrected chi connectivity index (χ3v) is 3.82. The molecular formula is C16H25N. The number of hydrogen-bond donors (Lipinski definition) is 1. The minimum Gasteiger partial charge on any atom is -0.314 e. The summed E-state index contributed by atoms with van der Waals surface area (Å²) in [6.45, 7) is 12.3. The van der Waals surface area contributed by atoms with Crippen molar-refractivity contribution >= 4 is 0 Å². The second-order valence-electron chi connectivity index (χ2n) is 5.98. The second-order valence-corrected chi connectivity index (χ2v) is 5.98. The largest absolute Gasteiger partial charge is 0.314 e. The molecule has 94 valence electrons. The Balaban J connectivity index is 2.06. The summed E-state index contributed by atoms with van der Waals surface area (Å²) in [5, 5.41) is 3.56. The van der Waals surface area contributed by atoms with E-state index in [2.05, 4.69) is 52.1 Å². The molecular weight excluding hydrogens is 206 g/mol. The van der Waals surface area contributed by atoms with E-state index in [1.54, 1.807) is 5.56 Å². The van der Waals surface area contributed by atoms with Gasteiger partial charge in [-0.15, -0.1) is 0 Å². The summed E-state index contributed by atoms with van der Waals surface area (Å²) < 4.78 is 0. The Labute approximate surface area is 106 Å². The first-order valence-electron chi connectivity index (χ1n) is 6.80. The molecule has 1 saturated carbocycles. The minimum atomic E-state index is 0.608. The highest BCUT2D eigenvalue weighted by Gasteiger charge is 2.39. The van der Waals surface area contributed by atoms with Gasteiger partial charge >= 0.3 is 0 Å². The van der Waals surface area contributed by atoms with Crippen LogP contribution in [0, 0.1) is 26.7 Å². The van der Waals surface area contributed by atoms with Crippen LogP contribution in [-0.4, -0.2) is 12.6 Å². The van der Waals surface area contributed by atoms with Crippen LogP contribution in [0.5, 0.6) is 0 Å². The average Bonchev–Trinajstić information content (AvgIpc) is 2.92. The first kappa shape index (κ1) is 12.6. The first-order valence-corrected chi connectivity index (χ1v) is 6.80. The Morgan fingerprint density at radius 1 is 1.18 bits per heavy atom. The summed E-state index contributed by atoms with van der Waals surface area (Å²) in [5.74, 6) is 1.67. The molecule has 17 heavy (non-hydrogen) atoms. The van der Waals surface area contributed by atoms with E-state index in [-0.39, 0.29) is 0 Å². The van der Waals surface area contributed by atoms with Crippen molar-refractivity contribution in [1.29, 1.82) is 0 Å². The normalized spacial score (nSPS) is 23.2. The quantitative estimate of drug-likeness (QED) is 0.833. The first-order chi connectivity index (χ1) is 7.99. The molecule has 2 unspecified atom stereocenters. The maximum Gasteiger partial charge on any atom is 0.00104 e. The molecule has 0 aromatic heterocycles. The smallest absolute Gasteiger partial charge is 0.00104 e. The predicted molar refractivity (Wildman–Crippen MR) is 74.6 cm³/mol. The molecule has 1 aliphatic carbocycles. The van der Waals surface area contributed by atoms with E-state index in [1.165, 1.54) is 29.7 Å². The molecule has 0 aliphatic heterocycles. The SMILES string of the molecule is Cc1cc(C)c(C2CC2CNC(C)C)c(C)c1. The van der Waals surface area contributed by atoms with Crippen LogP contribution < -0.4 is 5.32 Å². The van der Waals surface area contributed by atoms with E-state index >= 15 is 0 Å². The number of benzene rings is 1. The Bertz CT molecular complexity index is 383. The Morgan fingerprint density at radius 3 is 2.29 bits per heavy atom. The molecule has 1 nitrogen and oxygen atoms in total. The van der Waals surface area contributed by atoms with Crippen molar-refractivity contribution in [3.8, 4) is 0 Å². The van der Waals surface area contributed by atoms with Crippen molar-refractivity contribution in [2.24, 2.45) is 5.92 Å². The van der Waals surface area contributed by atoms with Gasteiger partial charge < -0.3 is 5.32 Å². The zero-order valence-corrected chi connectivity index (χ0v) is 11.8. The van der Waals surface area contributed by atoms with Crippen molar-refractivity contribution < 1.29 is 0 Å². The number of hydrogen-bond acceptors (Lipinski definition) is 1. The molecule has 1 aliphatic rings. The standard InChI is InChI=1S/C16H25N/c1-10(2)17-9-14-8-15(14)16-12(4)6-11(3)7-13(16)5/h6-7,10,14-15,17H,8-9H2,1-5H3. The topological polar surface area (TPSA) is 12.0 Å². The van der Waals surface area contributed by atoms with Crippen LogP contribution in [-0.2, 0) is 0 Å². The van der Waals surface area contributed by atoms with Crippen LogP contribution in [0.4, 0.5) is 0 Å². The molecule has 2 rings (SSSR count). The fourth-order valence-corrected chi connectivity index (χ4v) is 2.99. The van der Waals surface area contributed by atoms with Gasteiger partial charge in [-0.25, -0.2) is 0 Å². The van der Waals surface area contributed by atoms with Crippen LogP contribution in [0.25, 0.3) is 0 Å². The molecule has 1 aromatic carbocycles. The van der Waals surface area contributed by atoms with Crippen molar-refractivity contribution in [2.45, 2.75) is 53.0 Å². The van der Waals surface area contributed by atoms with Gasteiger partial charge in [0.25, 0.3) is 0 Å². The Hall–Kier alpha value is -0.820. The van der Waals surface area contributed by atoms with Crippen LogP contribution in [0.15, 0.2) is 12.1 Å². The van der Waals surface area contributed by atoms with Crippen molar-refractivity contribution in [2.75, 3.05) is 6.54 Å². The third-order valence-electron chi connectivity index (χ3n) is 3.82. The van der Waals surface area contributed by atoms with E-state index in [0.29, 0.717) is 6.04 Å². The van der Waals surface area contributed by atoms with Crippen molar-refractivity contribution in [1.82, 2.24) is 5.32 Å². The highest BCUT2D eigenvalue weighted by Crippen LogP contribution is 2.49. The molecule has 0 bridgehead atoms. The van der Waals surface area contributed by atoms with Crippen LogP contribution >= 0.6 is 0 Å². The molecule has 2 atom stereocenters. The van der Waals surface area contributed by atoms with E-state index in [0.717, 1.165) is 11.8 Å². The highest BCUT2D eigenvalue weighted by molar-refractivity contribution is 5.42. The lowest BCUT2D eigenvalue weighted by atomic mass is 9.95. The van der Waals surface area contributed by atoms with Gasteiger partial charge in [-0.1, -0.05) is 31.5 Å². The van der Waals surface area contributed by atoms with Gasteiger partial charge in [0.15, 0.2) is 0 Å². The van der Waals surface area contributed by atoms with E-state index in [1.807, 2.05) is 0 Å². The molecule has 0 saturated heterocycles. The molecule has 0 amide bonds. The predicted octanol–water partition coefficient (Wildman–Crippen LogP) is 3.71. The van der Waals surface area contributed by atoms with Crippen molar-refractivity contribution in [3.63, 3.8) is 0 Å². The van der Waals surface area contributed by atoms with Gasteiger partial charge in [-0.2, -0.15) is 0 Å². The molecule has 0 heterocycles. The molecule has 1 N–H and O–H groups in total. The van der Waals surface area contributed by atoms with E-state index < -0.39 is 0 Å². The minimum absolute atomic E-state index is 0.608. The summed E-state index contributed by atoms with van der Waals surface area (Å²) in [6, 6.07) is 5.26. The lowest BCUT2D eigenvalue weighted by Gasteiger charge is -2.12. The summed E-state index contributed by atoms with van der Waals surface area (Å²) in [4.78, 5) is 0. The summed E-state index contributed by atoms with van der Waals surface area (Å²) in [5.41, 5.74) is 5.98. The maximum atomic E-state index is 3.56. The Morgan fingerprint density at radius 2 is 1.76 bits per heavy atom.